The summed E-state index contributed by atoms with van der Waals surface area (Å²) < 4.78 is 36.4. The maximum Gasteiger partial charge on any atom is 0.472 e. The molecule has 0 aliphatic rings. The largest absolute Gasteiger partial charge is 0.472 e. The predicted octanol–water partition coefficient (Wildman–Crippen LogP) is 2.05. The number of carbonyl (C=O) groups excluding carboxylic acids is 1. The lowest BCUT2D eigenvalue weighted by atomic mass is 10.4. The first kappa shape index (κ1) is 27.0. The van der Waals surface area contributed by atoms with Gasteiger partial charge in [0, 0.05) is 6.54 Å². The Bertz CT molecular complexity index is 448. The summed E-state index contributed by atoms with van der Waals surface area (Å²) in [5.41, 5.74) is 0. The molecule has 0 aromatic heterocycles. The van der Waals surface area contributed by atoms with Crippen LogP contribution in [0.2, 0.25) is 0 Å². The maximum atomic E-state index is 11.5. The molecule has 0 aliphatic carbocycles. The fraction of sp³-hybridized carbons (Fsp3) is 0.933. The normalized spacial score (nSPS) is 14.2. The van der Waals surface area contributed by atoms with Gasteiger partial charge in [-0.15, -0.1) is 0 Å². The van der Waals surface area contributed by atoms with Crippen molar-refractivity contribution < 1.29 is 37.5 Å². The molecule has 0 aliphatic heterocycles. The summed E-state index contributed by atoms with van der Waals surface area (Å²) in [6.45, 7) is 9.51. The van der Waals surface area contributed by atoms with Gasteiger partial charge < -0.3 is 29.7 Å². The van der Waals surface area contributed by atoms with Crippen molar-refractivity contribution in [1.82, 2.24) is 10.6 Å². The number of amides is 2. The molecule has 0 saturated carbocycles. The van der Waals surface area contributed by atoms with Crippen LogP contribution in [0, 0.1) is 0 Å². The van der Waals surface area contributed by atoms with Gasteiger partial charge in [0.1, 0.15) is 0 Å². The van der Waals surface area contributed by atoms with Crippen LogP contribution in [0.1, 0.15) is 27.7 Å². The number of phosphoric ester groups is 1. The van der Waals surface area contributed by atoms with E-state index in [1.807, 2.05) is 13.8 Å². The van der Waals surface area contributed by atoms with E-state index in [-0.39, 0.29) is 22.8 Å². The Morgan fingerprint density at radius 1 is 1.04 bits per heavy atom. The van der Waals surface area contributed by atoms with Crippen LogP contribution in [0.5, 0.6) is 0 Å². The van der Waals surface area contributed by atoms with Gasteiger partial charge in [0.15, 0.2) is 0 Å². The van der Waals surface area contributed by atoms with E-state index in [9.17, 15) is 14.3 Å². The van der Waals surface area contributed by atoms with E-state index in [4.69, 9.17) is 23.3 Å². The van der Waals surface area contributed by atoms with Crippen LogP contribution in [0.4, 0.5) is 4.79 Å². The second kappa shape index (κ2) is 14.9. The Morgan fingerprint density at radius 2 is 1.52 bits per heavy atom. The molecule has 1 unspecified atom stereocenters. The molecule has 0 fully saturated rings. The van der Waals surface area contributed by atoms with Crippen molar-refractivity contribution in [3.63, 3.8) is 0 Å². The molecule has 0 rings (SSSR count). The summed E-state index contributed by atoms with van der Waals surface area (Å²) in [5, 5.41) is 5.46. The number of halogens is 1. The maximum absolute atomic E-state index is 11.5. The second-order valence-corrected chi connectivity index (χ2v) is 10.2. The van der Waals surface area contributed by atoms with Crippen molar-refractivity contribution in [3.8, 4) is 0 Å². The zero-order valence-electron chi connectivity index (χ0n) is 16.4. The number of carbonyl (C=O) groups is 1. The molecule has 0 aromatic rings. The molecular formula is C15H32IN2O8P. The zero-order chi connectivity index (χ0) is 20.8. The number of phosphoric acid groups is 1. The molecule has 1 atom stereocenters. The van der Waals surface area contributed by atoms with Gasteiger partial charge in [0.25, 0.3) is 0 Å². The fourth-order valence-corrected chi connectivity index (χ4v) is 2.75. The van der Waals surface area contributed by atoms with Gasteiger partial charge in [0.2, 0.25) is 0 Å². The Balaban J connectivity index is 3.34. The monoisotopic (exact) mass is 526 g/mol. The Hall–Kier alpha value is -0.0100. The summed E-state index contributed by atoms with van der Waals surface area (Å²) in [6, 6.07) is -0.233. The van der Waals surface area contributed by atoms with Gasteiger partial charge >= 0.3 is 13.9 Å². The first-order valence-corrected chi connectivity index (χ1v) is 11.2. The van der Waals surface area contributed by atoms with Crippen molar-refractivity contribution in [2.45, 2.75) is 37.3 Å². The first-order valence-electron chi connectivity index (χ1n) is 8.66. The van der Waals surface area contributed by atoms with E-state index >= 15 is 0 Å². The molecule has 12 heteroatoms. The standard InChI is InChI=1S/C15H32IN2O8P/c1-13(2)26-27(20,21)25-12-11-24-10-9-23-8-7-22-6-5-17-14(19)18-15(3,4)16/h13H,5-12H2,1-4H3,(H,20,21)(H2,17,18,19). The predicted molar refractivity (Wildman–Crippen MR) is 109 cm³/mol. The van der Waals surface area contributed by atoms with E-state index < -0.39 is 13.9 Å². The topological polar surface area (TPSA) is 125 Å². The van der Waals surface area contributed by atoms with Crippen LogP contribution < -0.4 is 10.6 Å². The molecule has 162 valence electrons. The molecule has 3 N–H and O–H groups in total. The van der Waals surface area contributed by atoms with Crippen molar-refractivity contribution in [3.05, 3.63) is 0 Å². The third-order valence-electron chi connectivity index (χ3n) is 2.51. The molecule has 27 heavy (non-hydrogen) atoms. The van der Waals surface area contributed by atoms with Crippen molar-refractivity contribution >= 4 is 36.4 Å². The molecule has 0 heterocycles. The molecule has 0 spiro atoms. The summed E-state index contributed by atoms with van der Waals surface area (Å²) in [6.07, 6.45) is -0.395. The van der Waals surface area contributed by atoms with E-state index in [1.54, 1.807) is 13.8 Å². The van der Waals surface area contributed by atoms with E-state index in [0.717, 1.165) is 0 Å². The highest BCUT2D eigenvalue weighted by Crippen LogP contribution is 2.44. The van der Waals surface area contributed by atoms with Gasteiger partial charge in [-0.1, -0.05) is 22.6 Å². The van der Waals surface area contributed by atoms with Gasteiger partial charge in [0.05, 0.1) is 55.9 Å². The van der Waals surface area contributed by atoms with Crippen LogP contribution in [0.25, 0.3) is 0 Å². The van der Waals surface area contributed by atoms with Crippen molar-refractivity contribution in [2.75, 3.05) is 52.8 Å². The number of rotatable bonds is 16. The summed E-state index contributed by atoms with van der Waals surface area (Å²) in [5.74, 6) is 0. The molecule has 2 amide bonds. The van der Waals surface area contributed by atoms with Crippen LogP contribution >= 0.6 is 30.4 Å². The highest BCUT2D eigenvalue weighted by Gasteiger charge is 2.22. The molecule has 0 aromatic carbocycles. The molecule has 0 bridgehead atoms. The minimum atomic E-state index is -4.00. The Labute approximate surface area is 174 Å². The van der Waals surface area contributed by atoms with Crippen LogP contribution in [-0.4, -0.2) is 73.4 Å². The number of hydrogen-bond acceptors (Lipinski definition) is 7. The highest BCUT2D eigenvalue weighted by atomic mass is 127. The summed E-state index contributed by atoms with van der Waals surface area (Å²) in [4.78, 5) is 20.8. The number of urea groups is 1. The lowest BCUT2D eigenvalue weighted by Crippen LogP contribution is -2.45. The van der Waals surface area contributed by atoms with Crippen molar-refractivity contribution in [2.24, 2.45) is 0 Å². The molecule has 0 radical (unpaired) electrons. The second-order valence-electron chi connectivity index (χ2n) is 6.15. The Morgan fingerprint density at radius 3 is 2.00 bits per heavy atom. The fourth-order valence-electron chi connectivity index (χ4n) is 1.60. The number of nitrogens with one attached hydrogen (secondary N) is 2. The third-order valence-corrected chi connectivity index (χ3v) is 3.98. The van der Waals surface area contributed by atoms with Crippen molar-refractivity contribution in [1.29, 1.82) is 0 Å². The summed E-state index contributed by atoms with van der Waals surface area (Å²) in [7, 11) is -4.00. The smallest absolute Gasteiger partial charge is 0.377 e. The van der Waals surface area contributed by atoms with Gasteiger partial charge in [-0.3, -0.25) is 9.05 Å². The lowest BCUT2D eigenvalue weighted by Gasteiger charge is -2.18. The summed E-state index contributed by atoms with van der Waals surface area (Å²) >= 11 is 2.13. The Kier molecular flexibility index (Phi) is 14.9. The van der Waals surface area contributed by atoms with Gasteiger partial charge in [-0.2, -0.15) is 0 Å². The highest BCUT2D eigenvalue weighted by molar-refractivity contribution is 14.1. The number of ether oxygens (including phenoxy) is 3. The van der Waals surface area contributed by atoms with Crippen LogP contribution in [-0.2, 0) is 27.8 Å². The molecule has 0 saturated heterocycles. The van der Waals surface area contributed by atoms with E-state index in [2.05, 4.69) is 33.2 Å². The van der Waals surface area contributed by atoms with E-state index in [0.29, 0.717) is 39.6 Å². The number of hydrogen-bond donors (Lipinski definition) is 3. The average molecular weight is 526 g/mol. The van der Waals surface area contributed by atoms with Crippen LogP contribution in [0.3, 0.4) is 0 Å². The SMILES string of the molecule is CC(C)OP(=O)(O)OCCOCCOCCOCCNC(=O)NC(C)(C)I. The average Bonchev–Trinajstić information content (AvgIpc) is 2.48. The lowest BCUT2D eigenvalue weighted by molar-refractivity contribution is 0.00661. The molecule has 10 nitrogen and oxygen atoms in total. The molecular weight excluding hydrogens is 494 g/mol. The van der Waals surface area contributed by atoms with Gasteiger partial charge in [-0.25, -0.2) is 9.36 Å². The van der Waals surface area contributed by atoms with E-state index in [1.165, 1.54) is 0 Å². The number of alkyl halides is 1. The third kappa shape index (κ3) is 20.5. The minimum Gasteiger partial charge on any atom is -0.377 e. The minimum absolute atomic E-state index is 0.0427. The first-order chi connectivity index (χ1) is 12.5. The zero-order valence-corrected chi connectivity index (χ0v) is 19.4. The van der Waals surface area contributed by atoms with Gasteiger partial charge in [-0.05, 0) is 27.7 Å². The quantitative estimate of drug-likeness (QED) is 0.0919. The van der Waals surface area contributed by atoms with Crippen LogP contribution in [0.15, 0.2) is 0 Å².